The van der Waals surface area contributed by atoms with Crippen LogP contribution in [0.1, 0.15) is 38.5 Å². The van der Waals surface area contributed by atoms with Gasteiger partial charge >= 0.3 is 0 Å². The Bertz CT molecular complexity index is 397. The molecule has 0 aliphatic heterocycles. The fourth-order valence-electron chi connectivity index (χ4n) is 1.97. The summed E-state index contributed by atoms with van der Waals surface area (Å²) >= 11 is 5.82. The number of aromatic amines is 1. The fraction of sp³-hybridized carbons (Fsp3) is 0.636. The highest BCUT2D eigenvalue weighted by atomic mass is 35.5. The number of ether oxygens (including phenoxy) is 1. The predicted molar refractivity (Wildman–Crippen MR) is 62.0 cm³/mol. The van der Waals surface area contributed by atoms with Gasteiger partial charge < -0.3 is 9.72 Å². The monoisotopic (exact) mass is 242 g/mol. The highest BCUT2D eigenvalue weighted by molar-refractivity contribution is 6.31. The largest absolute Gasteiger partial charge is 0.473 e. The molecule has 0 saturated heterocycles. The summed E-state index contributed by atoms with van der Waals surface area (Å²) in [4.78, 5) is 17.6. The van der Waals surface area contributed by atoms with Crippen LogP contribution >= 0.6 is 11.6 Å². The van der Waals surface area contributed by atoms with Crippen LogP contribution in [0.4, 0.5) is 0 Å². The van der Waals surface area contributed by atoms with E-state index in [1.165, 1.54) is 32.0 Å². The van der Waals surface area contributed by atoms with Crippen molar-refractivity contribution in [2.45, 2.75) is 44.6 Å². The van der Waals surface area contributed by atoms with Crippen molar-refractivity contribution >= 4 is 11.6 Å². The lowest BCUT2D eigenvalue weighted by Gasteiger charge is -2.16. The molecule has 0 aromatic carbocycles. The van der Waals surface area contributed by atoms with E-state index >= 15 is 0 Å². The quantitative estimate of drug-likeness (QED) is 0.811. The Morgan fingerprint density at radius 2 is 2.00 bits per heavy atom. The van der Waals surface area contributed by atoms with Gasteiger partial charge in [0.1, 0.15) is 6.10 Å². The molecule has 1 N–H and O–H groups in total. The first kappa shape index (κ1) is 11.5. The Balaban J connectivity index is 2.07. The van der Waals surface area contributed by atoms with Crippen LogP contribution in [0.3, 0.4) is 0 Å². The molecule has 1 aliphatic rings. The van der Waals surface area contributed by atoms with E-state index < -0.39 is 0 Å². The molecule has 0 bridgehead atoms. The lowest BCUT2D eigenvalue weighted by atomic mass is 10.1. The maximum absolute atomic E-state index is 11.2. The molecule has 1 aromatic heterocycles. The van der Waals surface area contributed by atoms with Crippen LogP contribution < -0.4 is 10.3 Å². The van der Waals surface area contributed by atoms with Gasteiger partial charge in [0.25, 0.3) is 5.56 Å². The van der Waals surface area contributed by atoms with Crippen molar-refractivity contribution in [3.63, 3.8) is 0 Å². The van der Waals surface area contributed by atoms with Gasteiger partial charge in [-0.3, -0.25) is 4.79 Å². The first-order chi connectivity index (χ1) is 7.77. The third-order valence-electron chi connectivity index (χ3n) is 2.85. The summed E-state index contributed by atoms with van der Waals surface area (Å²) in [5.74, 6) is 0.261. The molecule has 2 rings (SSSR count). The number of rotatable bonds is 2. The van der Waals surface area contributed by atoms with Crippen LogP contribution in [-0.2, 0) is 0 Å². The highest BCUT2D eigenvalue weighted by Crippen LogP contribution is 2.24. The summed E-state index contributed by atoms with van der Waals surface area (Å²) < 4.78 is 5.68. The van der Waals surface area contributed by atoms with Gasteiger partial charge in [-0.15, -0.1) is 0 Å². The minimum Gasteiger partial charge on any atom is -0.473 e. The van der Waals surface area contributed by atoms with Crippen molar-refractivity contribution in [3.05, 3.63) is 21.7 Å². The molecule has 4 nitrogen and oxygen atoms in total. The Labute approximate surface area is 99.0 Å². The van der Waals surface area contributed by atoms with Crippen LogP contribution in [-0.4, -0.2) is 16.1 Å². The van der Waals surface area contributed by atoms with E-state index in [9.17, 15) is 4.79 Å². The maximum atomic E-state index is 11.2. The van der Waals surface area contributed by atoms with E-state index in [1.807, 2.05) is 0 Å². The number of nitrogens with one attached hydrogen (secondary N) is 1. The molecule has 1 saturated carbocycles. The van der Waals surface area contributed by atoms with Gasteiger partial charge in [0.05, 0.1) is 6.33 Å². The summed E-state index contributed by atoms with van der Waals surface area (Å²) in [7, 11) is 0. The Hall–Kier alpha value is -1.03. The Morgan fingerprint density at radius 3 is 2.69 bits per heavy atom. The summed E-state index contributed by atoms with van der Waals surface area (Å²) in [5.41, 5.74) is -0.347. The molecule has 0 unspecified atom stereocenters. The van der Waals surface area contributed by atoms with Gasteiger partial charge in [0, 0.05) is 0 Å². The normalized spacial score (nSPS) is 18.1. The summed E-state index contributed by atoms with van der Waals surface area (Å²) in [6.07, 6.45) is 8.37. The van der Waals surface area contributed by atoms with Crippen molar-refractivity contribution < 1.29 is 4.74 Å². The number of nitrogens with zero attached hydrogens (tertiary/aromatic N) is 1. The van der Waals surface area contributed by atoms with Gasteiger partial charge in [0.15, 0.2) is 5.02 Å². The molecular weight excluding hydrogens is 228 g/mol. The number of H-pyrrole nitrogens is 1. The minimum absolute atomic E-state index is 0.0479. The third-order valence-corrected chi connectivity index (χ3v) is 3.18. The maximum Gasteiger partial charge on any atom is 0.273 e. The number of hydrogen-bond acceptors (Lipinski definition) is 3. The zero-order valence-electron chi connectivity index (χ0n) is 9.04. The van der Waals surface area contributed by atoms with Crippen molar-refractivity contribution in [2.24, 2.45) is 0 Å². The van der Waals surface area contributed by atoms with Crippen LogP contribution in [0.2, 0.25) is 5.02 Å². The zero-order valence-corrected chi connectivity index (χ0v) is 9.79. The van der Waals surface area contributed by atoms with Crippen LogP contribution in [0.25, 0.3) is 0 Å². The second kappa shape index (κ2) is 5.34. The van der Waals surface area contributed by atoms with Gasteiger partial charge in [-0.2, -0.15) is 0 Å². The van der Waals surface area contributed by atoms with Gasteiger partial charge in [0.2, 0.25) is 5.88 Å². The van der Waals surface area contributed by atoms with Crippen LogP contribution in [0.5, 0.6) is 5.88 Å². The van der Waals surface area contributed by atoms with E-state index in [-0.39, 0.29) is 22.6 Å². The van der Waals surface area contributed by atoms with E-state index in [4.69, 9.17) is 16.3 Å². The Kier molecular flexibility index (Phi) is 3.83. The Morgan fingerprint density at radius 1 is 1.31 bits per heavy atom. The average molecular weight is 243 g/mol. The van der Waals surface area contributed by atoms with Crippen molar-refractivity contribution in [1.82, 2.24) is 9.97 Å². The van der Waals surface area contributed by atoms with E-state index in [2.05, 4.69) is 9.97 Å². The summed E-state index contributed by atoms with van der Waals surface area (Å²) in [6.45, 7) is 0. The molecule has 16 heavy (non-hydrogen) atoms. The highest BCUT2D eigenvalue weighted by Gasteiger charge is 2.16. The molecule has 0 atom stereocenters. The predicted octanol–water partition coefficient (Wildman–Crippen LogP) is 2.52. The molecule has 1 aliphatic carbocycles. The van der Waals surface area contributed by atoms with Crippen molar-refractivity contribution in [3.8, 4) is 5.88 Å². The van der Waals surface area contributed by atoms with E-state index in [0.717, 1.165) is 12.8 Å². The molecule has 0 radical (unpaired) electrons. The second-order valence-corrected chi connectivity index (χ2v) is 4.46. The molecular formula is C11H15ClN2O2. The lowest BCUT2D eigenvalue weighted by Crippen LogP contribution is -2.18. The van der Waals surface area contributed by atoms with Gasteiger partial charge in [-0.05, 0) is 25.7 Å². The topological polar surface area (TPSA) is 55.0 Å². The SMILES string of the molecule is O=c1[nH]cnc(OC2CCCCCC2)c1Cl. The van der Waals surface area contributed by atoms with E-state index in [1.54, 1.807) is 0 Å². The molecule has 1 fully saturated rings. The summed E-state index contributed by atoms with van der Waals surface area (Å²) in [6, 6.07) is 0. The smallest absolute Gasteiger partial charge is 0.273 e. The number of aromatic nitrogens is 2. The molecule has 1 heterocycles. The second-order valence-electron chi connectivity index (χ2n) is 4.08. The first-order valence-corrected chi connectivity index (χ1v) is 6.05. The number of halogens is 1. The fourth-order valence-corrected chi connectivity index (χ4v) is 2.11. The van der Waals surface area contributed by atoms with Crippen LogP contribution in [0, 0.1) is 0 Å². The molecule has 88 valence electrons. The molecule has 1 aromatic rings. The lowest BCUT2D eigenvalue weighted by molar-refractivity contribution is 0.176. The summed E-state index contributed by atoms with van der Waals surface area (Å²) in [5, 5.41) is 0.0479. The number of hydrogen-bond donors (Lipinski definition) is 1. The standard InChI is InChI=1S/C11H15ClN2O2/c12-9-10(15)13-7-14-11(9)16-8-5-3-1-2-4-6-8/h7-8H,1-6H2,(H,13,14,15). The minimum atomic E-state index is -0.347. The first-order valence-electron chi connectivity index (χ1n) is 5.67. The molecule has 0 spiro atoms. The van der Waals surface area contributed by atoms with Gasteiger partial charge in [-0.25, -0.2) is 4.98 Å². The molecule has 0 amide bonds. The zero-order chi connectivity index (χ0) is 11.4. The average Bonchev–Trinajstić information content (AvgIpc) is 2.53. The van der Waals surface area contributed by atoms with Gasteiger partial charge in [-0.1, -0.05) is 24.4 Å². The van der Waals surface area contributed by atoms with Crippen molar-refractivity contribution in [1.29, 1.82) is 0 Å². The van der Waals surface area contributed by atoms with Crippen molar-refractivity contribution in [2.75, 3.05) is 0 Å². The molecule has 5 heteroatoms. The van der Waals surface area contributed by atoms with Crippen LogP contribution in [0.15, 0.2) is 11.1 Å². The van der Waals surface area contributed by atoms with E-state index in [0.29, 0.717) is 0 Å². The third kappa shape index (κ3) is 2.76.